The molecule has 0 aliphatic rings. The van der Waals surface area contributed by atoms with Crippen LogP contribution < -0.4 is 9.80 Å². The number of aryl methyl sites for hydroxylation is 4. The summed E-state index contributed by atoms with van der Waals surface area (Å²) in [6, 6.07) is 57.9. The van der Waals surface area contributed by atoms with Crippen molar-refractivity contribution in [3.05, 3.63) is 191 Å². The van der Waals surface area contributed by atoms with Crippen LogP contribution in [0.15, 0.2) is 167 Å². The molecule has 2 aromatic heterocycles. The quantitative estimate of drug-likeness (QED) is 0.153. The fraction of sp³-hybridized carbons (Fsp3) is 0.167. The van der Waals surface area contributed by atoms with Crippen molar-refractivity contribution in [2.75, 3.05) is 9.80 Å². The Morgan fingerprint density at radius 1 is 0.344 bits per heavy atom. The average Bonchev–Trinajstić information content (AvgIpc) is 3.84. The third-order valence-electron chi connectivity index (χ3n) is 13.4. The zero-order valence-corrected chi connectivity index (χ0v) is 37.9. The molecule has 0 saturated carbocycles. The van der Waals surface area contributed by atoms with Crippen molar-refractivity contribution in [3.8, 4) is 0 Å². The van der Waals surface area contributed by atoms with Gasteiger partial charge in [0, 0.05) is 55.7 Å². The SMILES string of the molecule is Cc1ccccc1N(c1ccc2cc3c(cc2c1)oc1c3ccc2c3cc4ccc(N(c5ccccc5C)c5ccc(C(C)C)cc5C)cc4cc3oc21)c1ccc(C(C)C)cc1C. The molecule has 314 valence electrons. The Hall–Kier alpha value is -7.30. The molecule has 0 radical (unpaired) electrons. The Labute approximate surface area is 375 Å². The van der Waals surface area contributed by atoms with Gasteiger partial charge in [-0.1, -0.05) is 100 Å². The van der Waals surface area contributed by atoms with E-state index >= 15 is 0 Å². The molecule has 4 heteroatoms. The van der Waals surface area contributed by atoms with Crippen LogP contribution in [0.5, 0.6) is 0 Å². The molecule has 0 atom stereocenters. The number of furan rings is 2. The van der Waals surface area contributed by atoms with Crippen molar-refractivity contribution in [1.29, 1.82) is 0 Å². The molecule has 0 unspecified atom stereocenters. The summed E-state index contributed by atoms with van der Waals surface area (Å²) in [5.74, 6) is 0.925. The van der Waals surface area contributed by atoms with E-state index in [1.165, 1.54) is 56.1 Å². The summed E-state index contributed by atoms with van der Waals surface area (Å²) < 4.78 is 13.6. The molecule has 0 fully saturated rings. The first-order valence-electron chi connectivity index (χ1n) is 22.6. The van der Waals surface area contributed by atoms with Crippen molar-refractivity contribution >= 4 is 99.5 Å². The molecule has 0 spiro atoms. The van der Waals surface area contributed by atoms with Gasteiger partial charge in [-0.05, 0) is 179 Å². The van der Waals surface area contributed by atoms with Crippen molar-refractivity contribution in [2.24, 2.45) is 0 Å². The van der Waals surface area contributed by atoms with Crippen molar-refractivity contribution < 1.29 is 8.83 Å². The highest BCUT2D eigenvalue weighted by molar-refractivity contribution is 6.21. The van der Waals surface area contributed by atoms with Crippen molar-refractivity contribution in [3.63, 3.8) is 0 Å². The zero-order valence-electron chi connectivity index (χ0n) is 37.9. The maximum Gasteiger partial charge on any atom is 0.178 e. The number of nitrogens with zero attached hydrogens (tertiary/aromatic N) is 2. The molecule has 0 amide bonds. The standard InChI is InChI=1S/C60H52N2O2/c1-35(2)41-19-25-55(39(7)27-41)61(53-15-11-9-13-37(53)5)47-21-17-43-31-51-49-23-24-50-52-32-44-18-22-48(30-46(44)34-58(52)64-60(50)59(49)63-57(51)33-45(43)29-47)62(54-16-12-10-14-38(54)6)56-26-20-42(36(3)4)28-40(56)8/h9-36H,1-8H3. The highest BCUT2D eigenvalue weighted by atomic mass is 16.4. The van der Waals surface area contributed by atoms with E-state index in [4.69, 9.17) is 8.83 Å². The number of para-hydroxylation sites is 2. The summed E-state index contributed by atoms with van der Waals surface area (Å²) in [6.45, 7) is 17.8. The first-order valence-corrected chi connectivity index (χ1v) is 22.6. The topological polar surface area (TPSA) is 32.8 Å². The number of hydrogen-bond acceptors (Lipinski definition) is 4. The Balaban J connectivity index is 1.02. The molecule has 11 rings (SSSR count). The van der Waals surface area contributed by atoms with Crippen LogP contribution in [0.25, 0.3) is 65.4 Å². The van der Waals surface area contributed by atoms with Gasteiger partial charge < -0.3 is 18.6 Å². The van der Waals surface area contributed by atoms with Crippen LogP contribution in [0, 0.1) is 27.7 Å². The van der Waals surface area contributed by atoms with Crippen LogP contribution in [0.4, 0.5) is 34.1 Å². The number of fused-ring (bicyclic) bond motifs is 9. The normalized spacial score (nSPS) is 12.0. The van der Waals surface area contributed by atoms with E-state index in [2.05, 4.69) is 223 Å². The molecule has 4 nitrogen and oxygen atoms in total. The maximum absolute atomic E-state index is 6.82. The second kappa shape index (κ2) is 15.2. The lowest BCUT2D eigenvalue weighted by Gasteiger charge is -2.29. The van der Waals surface area contributed by atoms with Crippen LogP contribution in [0.2, 0.25) is 0 Å². The zero-order chi connectivity index (χ0) is 44.0. The largest absolute Gasteiger partial charge is 0.452 e. The Morgan fingerprint density at radius 3 is 1.14 bits per heavy atom. The van der Waals surface area contributed by atoms with E-state index < -0.39 is 0 Å². The highest BCUT2D eigenvalue weighted by Crippen LogP contribution is 2.45. The second-order valence-corrected chi connectivity index (χ2v) is 18.4. The molecule has 11 aromatic rings. The average molecular weight is 833 g/mol. The van der Waals surface area contributed by atoms with Gasteiger partial charge in [0.05, 0.1) is 0 Å². The Bertz CT molecular complexity index is 3400. The summed E-state index contributed by atoms with van der Waals surface area (Å²) in [6.07, 6.45) is 0. The van der Waals surface area contributed by atoms with E-state index in [1.807, 2.05) is 0 Å². The predicted molar refractivity (Wildman–Crippen MR) is 273 cm³/mol. The van der Waals surface area contributed by atoms with Crippen LogP contribution >= 0.6 is 0 Å². The molecule has 0 aliphatic carbocycles. The minimum atomic E-state index is 0.462. The van der Waals surface area contributed by atoms with Crippen LogP contribution in [-0.4, -0.2) is 0 Å². The molecule has 0 N–H and O–H groups in total. The van der Waals surface area contributed by atoms with Gasteiger partial charge in [0.2, 0.25) is 0 Å². The molecule has 9 aromatic carbocycles. The van der Waals surface area contributed by atoms with E-state index in [-0.39, 0.29) is 0 Å². The van der Waals surface area contributed by atoms with Gasteiger partial charge in [-0.3, -0.25) is 0 Å². The van der Waals surface area contributed by atoms with E-state index in [1.54, 1.807) is 0 Å². The third-order valence-corrected chi connectivity index (χ3v) is 13.4. The van der Waals surface area contributed by atoms with Crippen LogP contribution in [0.1, 0.15) is 72.9 Å². The van der Waals surface area contributed by atoms with Crippen LogP contribution in [-0.2, 0) is 0 Å². The Morgan fingerprint density at radius 2 is 0.750 bits per heavy atom. The number of rotatable bonds is 8. The van der Waals surface area contributed by atoms with Gasteiger partial charge in [0.25, 0.3) is 0 Å². The molecule has 0 saturated heterocycles. The van der Waals surface area contributed by atoms with E-state index in [0.29, 0.717) is 11.8 Å². The maximum atomic E-state index is 6.82. The van der Waals surface area contributed by atoms with Gasteiger partial charge in [0.1, 0.15) is 11.2 Å². The molecular formula is C60H52N2O2. The molecule has 2 heterocycles. The van der Waals surface area contributed by atoms with E-state index in [9.17, 15) is 0 Å². The van der Waals surface area contributed by atoms with Crippen LogP contribution in [0.3, 0.4) is 0 Å². The fourth-order valence-corrected chi connectivity index (χ4v) is 9.83. The second-order valence-electron chi connectivity index (χ2n) is 18.4. The number of anilines is 6. The summed E-state index contributed by atoms with van der Waals surface area (Å²) in [5, 5.41) is 8.82. The lowest BCUT2D eigenvalue weighted by Crippen LogP contribution is -2.13. The molecule has 0 bridgehead atoms. The monoisotopic (exact) mass is 832 g/mol. The first kappa shape index (κ1) is 39.5. The minimum absolute atomic E-state index is 0.462. The Kier molecular flexibility index (Phi) is 9.39. The lowest BCUT2D eigenvalue weighted by molar-refractivity contribution is 0.634. The molecule has 64 heavy (non-hydrogen) atoms. The van der Waals surface area contributed by atoms with E-state index in [0.717, 1.165) is 76.8 Å². The summed E-state index contributed by atoms with van der Waals surface area (Å²) in [7, 11) is 0. The predicted octanol–water partition coefficient (Wildman–Crippen LogP) is 18.2. The van der Waals surface area contributed by atoms with Gasteiger partial charge >= 0.3 is 0 Å². The minimum Gasteiger partial charge on any atom is -0.452 e. The van der Waals surface area contributed by atoms with Crippen molar-refractivity contribution in [1.82, 2.24) is 0 Å². The summed E-state index contributed by atoms with van der Waals surface area (Å²) in [5.41, 5.74) is 17.8. The van der Waals surface area contributed by atoms with Gasteiger partial charge in [0.15, 0.2) is 11.2 Å². The summed E-state index contributed by atoms with van der Waals surface area (Å²) >= 11 is 0. The highest BCUT2D eigenvalue weighted by Gasteiger charge is 2.22. The summed E-state index contributed by atoms with van der Waals surface area (Å²) in [4.78, 5) is 4.79. The lowest BCUT2D eigenvalue weighted by atomic mass is 9.98. The first-order chi connectivity index (χ1) is 31.0. The van der Waals surface area contributed by atoms with Gasteiger partial charge in [-0.15, -0.1) is 0 Å². The van der Waals surface area contributed by atoms with Crippen molar-refractivity contribution in [2.45, 2.75) is 67.2 Å². The molecular weight excluding hydrogens is 781 g/mol. The number of hydrogen-bond donors (Lipinski definition) is 0. The number of benzene rings is 9. The van der Waals surface area contributed by atoms with Gasteiger partial charge in [-0.25, -0.2) is 0 Å². The smallest absolute Gasteiger partial charge is 0.178 e. The third kappa shape index (κ3) is 6.51. The van der Waals surface area contributed by atoms with Gasteiger partial charge in [-0.2, -0.15) is 0 Å². The fourth-order valence-electron chi connectivity index (χ4n) is 9.83. The molecule has 0 aliphatic heterocycles.